The molecule has 6 nitrogen and oxygen atoms in total. The molecule has 1 aromatic rings. The van der Waals surface area contributed by atoms with Gasteiger partial charge in [-0.25, -0.2) is 4.79 Å². The van der Waals surface area contributed by atoms with Crippen molar-refractivity contribution in [1.29, 1.82) is 0 Å². The highest BCUT2D eigenvalue weighted by Crippen LogP contribution is 2.14. The number of amides is 2. The number of alkyl carbamates (subject to hydrolysis) is 1. The minimum Gasteiger partial charge on any atom is -0.444 e. The van der Waals surface area contributed by atoms with Crippen LogP contribution in [0.1, 0.15) is 43.6 Å². The topological polar surface area (TPSA) is 84.5 Å². The molecule has 0 heterocycles. The SMILES string of the molecule is CC(=O)Nc1cc(C=O)cc(CNC(=O)OC(C)(C)C)c1. The van der Waals surface area contributed by atoms with Crippen molar-refractivity contribution in [2.75, 3.05) is 5.32 Å². The quantitative estimate of drug-likeness (QED) is 0.835. The third-order valence-corrected chi connectivity index (χ3v) is 2.31. The molecule has 0 saturated carbocycles. The van der Waals surface area contributed by atoms with Gasteiger partial charge in [-0.15, -0.1) is 0 Å². The largest absolute Gasteiger partial charge is 0.444 e. The van der Waals surface area contributed by atoms with Gasteiger partial charge in [0.05, 0.1) is 0 Å². The van der Waals surface area contributed by atoms with E-state index in [2.05, 4.69) is 10.6 Å². The fourth-order valence-corrected chi connectivity index (χ4v) is 1.65. The van der Waals surface area contributed by atoms with Gasteiger partial charge in [-0.1, -0.05) is 0 Å². The van der Waals surface area contributed by atoms with E-state index >= 15 is 0 Å². The third-order valence-electron chi connectivity index (χ3n) is 2.31. The summed E-state index contributed by atoms with van der Waals surface area (Å²) in [6, 6.07) is 4.88. The summed E-state index contributed by atoms with van der Waals surface area (Å²) in [5.41, 5.74) is 1.04. The molecule has 0 atom stereocenters. The molecule has 0 fully saturated rings. The van der Waals surface area contributed by atoms with Crippen molar-refractivity contribution in [3.63, 3.8) is 0 Å². The Kier molecular flexibility index (Phi) is 5.46. The van der Waals surface area contributed by atoms with E-state index in [9.17, 15) is 14.4 Å². The minimum atomic E-state index is -0.573. The van der Waals surface area contributed by atoms with Gasteiger partial charge in [0.1, 0.15) is 11.9 Å². The summed E-state index contributed by atoms with van der Waals surface area (Å²) in [5.74, 6) is -0.232. The Morgan fingerprint density at radius 1 is 1.24 bits per heavy atom. The number of nitrogens with one attached hydrogen (secondary N) is 2. The predicted octanol–water partition coefficient (Wildman–Crippen LogP) is 2.48. The van der Waals surface area contributed by atoms with Crippen LogP contribution in [-0.4, -0.2) is 23.9 Å². The highest BCUT2D eigenvalue weighted by molar-refractivity contribution is 5.90. The van der Waals surface area contributed by atoms with Crippen LogP contribution in [-0.2, 0) is 16.1 Å². The van der Waals surface area contributed by atoms with E-state index in [1.165, 1.54) is 6.92 Å². The normalized spacial score (nSPS) is 10.7. The lowest BCUT2D eigenvalue weighted by atomic mass is 10.1. The van der Waals surface area contributed by atoms with Gasteiger partial charge in [-0.05, 0) is 44.5 Å². The summed E-state index contributed by atoms with van der Waals surface area (Å²) in [5, 5.41) is 5.20. The van der Waals surface area contributed by atoms with Crippen LogP contribution in [0.4, 0.5) is 10.5 Å². The summed E-state index contributed by atoms with van der Waals surface area (Å²) < 4.78 is 5.12. The number of aldehydes is 1. The lowest BCUT2D eigenvalue weighted by Crippen LogP contribution is -2.32. The first-order valence-electron chi connectivity index (χ1n) is 6.53. The van der Waals surface area contributed by atoms with E-state index in [0.717, 1.165) is 0 Å². The van der Waals surface area contributed by atoms with Gasteiger partial charge < -0.3 is 15.4 Å². The standard InChI is InChI=1S/C15H20N2O4/c1-10(19)17-13-6-11(5-12(7-13)9-18)8-16-14(20)21-15(2,3)4/h5-7,9H,8H2,1-4H3,(H,16,20)(H,17,19). The highest BCUT2D eigenvalue weighted by atomic mass is 16.6. The van der Waals surface area contributed by atoms with Gasteiger partial charge in [0, 0.05) is 24.7 Å². The minimum absolute atomic E-state index is 0.198. The molecule has 0 aromatic heterocycles. The number of anilines is 1. The van der Waals surface area contributed by atoms with Crippen LogP contribution >= 0.6 is 0 Å². The van der Waals surface area contributed by atoms with Gasteiger partial charge in [0.2, 0.25) is 5.91 Å². The number of rotatable bonds is 4. The van der Waals surface area contributed by atoms with Gasteiger partial charge in [0.25, 0.3) is 0 Å². The molecule has 0 aliphatic rings. The van der Waals surface area contributed by atoms with Crippen LogP contribution in [0.2, 0.25) is 0 Å². The van der Waals surface area contributed by atoms with Gasteiger partial charge in [-0.3, -0.25) is 9.59 Å². The van der Waals surface area contributed by atoms with Gasteiger partial charge in [0.15, 0.2) is 0 Å². The molecule has 0 aliphatic carbocycles. The van der Waals surface area contributed by atoms with E-state index < -0.39 is 11.7 Å². The Bertz CT molecular complexity index is 547. The smallest absolute Gasteiger partial charge is 0.407 e. The van der Waals surface area contributed by atoms with Crippen molar-refractivity contribution in [3.8, 4) is 0 Å². The second kappa shape index (κ2) is 6.88. The third kappa shape index (κ3) is 6.56. The fraction of sp³-hybridized carbons (Fsp3) is 0.400. The first-order chi connectivity index (χ1) is 9.69. The fourth-order valence-electron chi connectivity index (χ4n) is 1.65. The summed E-state index contributed by atoms with van der Waals surface area (Å²) in [4.78, 5) is 33.5. The Hall–Kier alpha value is -2.37. The Balaban J connectivity index is 2.76. The average molecular weight is 292 g/mol. The van der Waals surface area contributed by atoms with E-state index in [4.69, 9.17) is 4.74 Å². The first-order valence-corrected chi connectivity index (χ1v) is 6.53. The summed E-state index contributed by atoms with van der Waals surface area (Å²) in [6.45, 7) is 6.90. The maximum atomic E-state index is 11.6. The average Bonchev–Trinajstić information content (AvgIpc) is 2.33. The summed E-state index contributed by atoms with van der Waals surface area (Å²) >= 11 is 0. The molecule has 6 heteroatoms. The maximum absolute atomic E-state index is 11.6. The zero-order valence-corrected chi connectivity index (χ0v) is 12.6. The molecule has 114 valence electrons. The summed E-state index contributed by atoms with van der Waals surface area (Å²) in [7, 11) is 0. The number of hydrogen-bond acceptors (Lipinski definition) is 4. The number of hydrogen-bond donors (Lipinski definition) is 2. The van der Waals surface area contributed by atoms with E-state index in [1.807, 2.05) is 0 Å². The number of benzene rings is 1. The molecule has 1 aromatic carbocycles. The van der Waals surface area contributed by atoms with E-state index in [0.29, 0.717) is 23.1 Å². The van der Waals surface area contributed by atoms with Crippen LogP contribution in [0.15, 0.2) is 18.2 Å². The van der Waals surface area contributed by atoms with Crippen molar-refractivity contribution < 1.29 is 19.1 Å². The van der Waals surface area contributed by atoms with Crippen molar-refractivity contribution in [2.24, 2.45) is 0 Å². The van der Waals surface area contributed by atoms with Crippen LogP contribution in [0.5, 0.6) is 0 Å². The van der Waals surface area contributed by atoms with Crippen LogP contribution in [0.25, 0.3) is 0 Å². The zero-order valence-electron chi connectivity index (χ0n) is 12.6. The number of carbonyl (C=O) groups is 3. The van der Waals surface area contributed by atoms with Crippen molar-refractivity contribution in [2.45, 2.75) is 39.8 Å². The first kappa shape index (κ1) is 16.7. The second-order valence-electron chi connectivity index (χ2n) is 5.62. The lowest BCUT2D eigenvalue weighted by Gasteiger charge is -2.19. The van der Waals surface area contributed by atoms with Crippen LogP contribution in [0, 0.1) is 0 Å². The molecule has 1 rings (SSSR count). The number of carbonyl (C=O) groups excluding carboxylic acids is 3. The van der Waals surface area contributed by atoms with Gasteiger partial charge >= 0.3 is 6.09 Å². The zero-order chi connectivity index (χ0) is 16.0. The van der Waals surface area contributed by atoms with E-state index in [-0.39, 0.29) is 12.5 Å². The molecule has 0 saturated heterocycles. The molecule has 2 amide bonds. The summed E-state index contributed by atoms with van der Waals surface area (Å²) in [6.07, 6.45) is 0.141. The molecule has 0 aliphatic heterocycles. The van der Waals surface area contributed by atoms with E-state index in [1.54, 1.807) is 39.0 Å². The van der Waals surface area contributed by atoms with Crippen LogP contribution < -0.4 is 10.6 Å². The highest BCUT2D eigenvalue weighted by Gasteiger charge is 2.15. The monoisotopic (exact) mass is 292 g/mol. The second-order valence-corrected chi connectivity index (χ2v) is 5.62. The molecule has 0 radical (unpaired) electrons. The van der Waals surface area contributed by atoms with Crippen molar-refractivity contribution in [3.05, 3.63) is 29.3 Å². The number of ether oxygens (including phenoxy) is 1. The van der Waals surface area contributed by atoms with Crippen molar-refractivity contribution in [1.82, 2.24) is 5.32 Å². The Morgan fingerprint density at radius 3 is 2.43 bits per heavy atom. The van der Waals surface area contributed by atoms with Gasteiger partial charge in [-0.2, -0.15) is 0 Å². The van der Waals surface area contributed by atoms with Crippen molar-refractivity contribution >= 4 is 24.0 Å². The molecular formula is C15H20N2O4. The Morgan fingerprint density at radius 2 is 1.90 bits per heavy atom. The Labute approximate surface area is 123 Å². The molecule has 2 N–H and O–H groups in total. The molecule has 21 heavy (non-hydrogen) atoms. The molecule has 0 unspecified atom stereocenters. The molecule has 0 bridgehead atoms. The molecular weight excluding hydrogens is 272 g/mol. The molecule has 0 spiro atoms. The predicted molar refractivity (Wildman–Crippen MR) is 79.2 cm³/mol. The maximum Gasteiger partial charge on any atom is 0.407 e. The lowest BCUT2D eigenvalue weighted by molar-refractivity contribution is -0.114. The van der Waals surface area contributed by atoms with Crippen LogP contribution in [0.3, 0.4) is 0 Å².